The van der Waals surface area contributed by atoms with Crippen LogP contribution in [0.25, 0.3) is 0 Å². The lowest BCUT2D eigenvalue weighted by Crippen LogP contribution is -2.36. The summed E-state index contributed by atoms with van der Waals surface area (Å²) in [6, 6.07) is 1.48. The first kappa shape index (κ1) is 13.6. The average Bonchev–Trinajstić information content (AvgIpc) is 2.96. The predicted octanol–water partition coefficient (Wildman–Crippen LogP) is 2.46. The van der Waals surface area contributed by atoms with Crippen molar-refractivity contribution in [2.75, 3.05) is 0 Å². The molecule has 0 spiro atoms. The Kier molecular flexibility index (Phi) is 3.93. The van der Waals surface area contributed by atoms with Crippen molar-refractivity contribution in [1.29, 1.82) is 0 Å². The van der Waals surface area contributed by atoms with Gasteiger partial charge in [-0.15, -0.1) is 0 Å². The number of hydrogen-bond acceptors (Lipinski definition) is 3. The molecule has 5 heteroatoms. The fourth-order valence-electron chi connectivity index (χ4n) is 2.58. The van der Waals surface area contributed by atoms with Gasteiger partial charge in [0.15, 0.2) is 5.76 Å². The standard InChI is InChI=1S/C14H19NO4/c1-3-11-9(14(17)18)7-12(19-11)13(16)15-10-6-4-5-8(10)2/h7-8,10H,3-6H2,1-2H3,(H,15,16)(H,17,18). The normalized spacial score (nSPS) is 22.4. The Hall–Kier alpha value is -1.78. The smallest absolute Gasteiger partial charge is 0.339 e. The fourth-order valence-corrected chi connectivity index (χ4v) is 2.58. The summed E-state index contributed by atoms with van der Waals surface area (Å²) < 4.78 is 5.34. The van der Waals surface area contributed by atoms with E-state index in [0.717, 1.165) is 19.3 Å². The van der Waals surface area contributed by atoms with Gasteiger partial charge in [-0.3, -0.25) is 4.79 Å². The SMILES string of the molecule is CCc1oc(C(=O)NC2CCCC2C)cc1C(=O)O. The van der Waals surface area contributed by atoms with E-state index in [-0.39, 0.29) is 23.3 Å². The molecule has 1 aliphatic carbocycles. The third-order valence-electron chi connectivity index (χ3n) is 3.76. The van der Waals surface area contributed by atoms with Gasteiger partial charge in [-0.25, -0.2) is 4.79 Å². The van der Waals surface area contributed by atoms with Crippen molar-refractivity contribution in [1.82, 2.24) is 5.32 Å². The molecule has 0 bridgehead atoms. The predicted molar refractivity (Wildman–Crippen MR) is 69.3 cm³/mol. The van der Waals surface area contributed by atoms with E-state index in [0.29, 0.717) is 18.1 Å². The number of aryl methyl sites for hydroxylation is 1. The topological polar surface area (TPSA) is 79.5 Å². The van der Waals surface area contributed by atoms with Crippen molar-refractivity contribution in [3.63, 3.8) is 0 Å². The summed E-state index contributed by atoms with van der Waals surface area (Å²) in [6.07, 6.45) is 3.66. The number of carbonyl (C=O) groups is 2. The van der Waals surface area contributed by atoms with E-state index in [4.69, 9.17) is 9.52 Å². The zero-order chi connectivity index (χ0) is 14.0. The number of carbonyl (C=O) groups excluding carboxylic acids is 1. The molecule has 1 aliphatic rings. The van der Waals surface area contributed by atoms with E-state index in [9.17, 15) is 9.59 Å². The summed E-state index contributed by atoms with van der Waals surface area (Å²) in [5.41, 5.74) is 0.0760. The maximum atomic E-state index is 12.1. The van der Waals surface area contributed by atoms with Gasteiger partial charge in [0.2, 0.25) is 0 Å². The van der Waals surface area contributed by atoms with E-state index in [1.807, 2.05) is 0 Å². The maximum absolute atomic E-state index is 12.1. The zero-order valence-corrected chi connectivity index (χ0v) is 11.2. The monoisotopic (exact) mass is 265 g/mol. The number of amides is 1. The lowest BCUT2D eigenvalue weighted by atomic mass is 10.1. The molecule has 1 fully saturated rings. The molecule has 19 heavy (non-hydrogen) atoms. The first-order chi connectivity index (χ1) is 9.02. The van der Waals surface area contributed by atoms with Gasteiger partial charge in [0.25, 0.3) is 5.91 Å². The van der Waals surface area contributed by atoms with Crippen LogP contribution in [0.15, 0.2) is 10.5 Å². The number of hydrogen-bond donors (Lipinski definition) is 2. The van der Waals surface area contributed by atoms with Gasteiger partial charge < -0.3 is 14.8 Å². The Bertz CT molecular complexity index is 492. The first-order valence-electron chi connectivity index (χ1n) is 6.69. The minimum absolute atomic E-state index is 0.0760. The third-order valence-corrected chi connectivity index (χ3v) is 3.76. The highest BCUT2D eigenvalue weighted by Crippen LogP contribution is 2.25. The second-order valence-electron chi connectivity index (χ2n) is 5.09. The molecule has 104 valence electrons. The van der Waals surface area contributed by atoms with Gasteiger partial charge in [-0.05, 0) is 18.8 Å². The molecule has 0 radical (unpaired) electrons. The Morgan fingerprint density at radius 1 is 1.47 bits per heavy atom. The molecule has 2 N–H and O–H groups in total. The van der Waals surface area contributed by atoms with Gasteiger partial charge in [-0.2, -0.15) is 0 Å². The minimum Gasteiger partial charge on any atom is -0.478 e. The fraction of sp³-hybridized carbons (Fsp3) is 0.571. The van der Waals surface area contributed by atoms with E-state index < -0.39 is 5.97 Å². The van der Waals surface area contributed by atoms with Gasteiger partial charge in [0.05, 0.1) is 0 Å². The lowest BCUT2D eigenvalue weighted by Gasteiger charge is -2.16. The second-order valence-corrected chi connectivity index (χ2v) is 5.09. The largest absolute Gasteiger partial charge is 0.478 e. The van der Waals surface area contributed by atoms with Crippen LogP contribution < -0.4 is 5.32 Å². The zero-order valence-electron chi connectivity index (χ0n) is 11.2. The molecular formula is C14H19NO4. The number of furan rings is 1. The van der Waals surface area contributed by atoms with Crippen LogP contribution in [0.4, 0.5) is 0 Å². The van der Waals surface area contributed by atoms with Crippen LogP contribution >= 0.6 is 0 Å². The second kappa shape index (κ2) is 5.47. The first-order valence-corrected chi connectivity index (χ1v) is 6.69. The van der Waals surface area contributed by atoms with Crippen LogP contribution in [-0.4, -0.2) is 23.0 Å². The van der Waals surface area contributed by atoms with Crippen LogP contribution in [0.3, 0.4) is 0 Å². The Labute approximate surface area is 112 Å². The molecule has 2 unspecified atom stereocenters. The van der Waals surface area contributed by atoms with Gasteiger partial charge in [0.1, 0.15) is 11.3 Å². The molecular weight excluding hydrogens is 246 g/mol. The minimum atomic E-state index is -1.06. The average molecular weight is 265 g/mol. The molecule has 0 aliphatic heterocycles. The number of nitrogens with one attached hydrogen (secondary N) is 1. The molecule has 2 atom stereocenters. The summed E-state index contributed by atoms with van der Waals surface area (Å²) in [6.45, 7) is 3.91. The van der Waals surface area contributed by atoms with Crippen molar-refractivity contribution < 1.29 is 19.1 Å². The number of aromatic carboxylic acids is 1. The molecule has 1 amide bonds. The highest BCUT2D eigenvalue weighted by atomic mass is 16.4. The molecule has 1 aromatic heterocycles. The molecule has 0 saturated heterocycles. The number of rotatable bonds is 4. The van der Waals surface area contributed by atoms with Crippen LogP contribution in [0.5, 0.6) is 0 Å². The summed E-state index contributed by atoms with van der Waals surface area (Å²) in [5, 5.41) is 11.9. The van der Waals surface area contributed by atoms with Gasteiger partial charge in [0, 0.05) is 18.5 Å². The van der Waals surface area contributed by atoms with Crippen LogP contribution in [0.1, 0.15) is 59.8 Å². The van der Waals surface area contributed by atoms with Gasteiger partial charge in [-0.1, -0.05) is 20.3 Å². The Morgan fingerprint density at radius 3 is 2.68 bits per heavy atom. The van der Waals surface area contributed by atoms with E-state index >= 15 is 0 Å². The van der Waals surface area contributed by atoms with Crippen LogP contribution in [0.2, 0.25) is 0 Å². The quantitative estimate of drug-likeness (QED) is 0.876. The molecule has 0 aromatic carbocycles. The van der Waals surface area contributed by atoms with Gasteiger partial charge >= 0.3 is 5.97 Å². The molecule has 1 saturated carbocycles. The van der Waals surface area contributed by atoms with Crippen LogP contribution in [0, 0.1) is 5.92 Å². The summed E-state index contributed by atoms with van der Waals surface area (Å²) >= 11 is 0. The maximum Gasteiger partial charge on any atom is 0.339 e. The van der Waals surface area contributed by atoms with Crippen LogP contribution in [-0.2, 0) is 6.42 Å². The highest BCUT2D eigenvalue weighted by Gasteiger charge is 2.27. The van der Waals surface area contributed by atoms with Crippen molar-refractivity contribution in [3.8, 4) is 0 Å². The highest BCUT2D eigenvalue weighted by molar-refractivity contribution is 5.96. The summed E-state index contributed by atoms with van der Waals surface area (Å²) in [4.78, 5) is 23.1. The number of carboxylic acid groups (broad SMARTS) is 1. The Morgan fingerprint density at radius 2 is 2.21 bits per heavy atom. The molecule has 2 rings (SSSR count). The van der Waals surface area contributed by atoms with E-state index in [2.05, 4.69) is 12.2 Å². The van der Waals surface area contributed by atoms with Crippen molar-refractivity contribution in [3.05, 3.63) is 23.2 Å². The van der Waals surface area contributed by atoms with Crippen molar-refractivity contribution >= 4 is 11.9 Å². The number of carboxylic acids is 1. The van der Waals surface area contributed by atoms with E-state index in [1.54, 1.807) is 6.92 Å². The molecule has 1 heterocycles. The summed E-state index contributed by atoms with van der Waals surface area (Å²) in [7, 11) is 0. The third kappa shape index (κ3) is 2.80. The Balaban J connectivity index is 2.13. The van der Waals surface area contributed by atoms with Crippen molar-refractivity contribution in [2.45, 2.75) is 45.6 Å². The van der Waals surface area contributed by atoms with Crippen molar-refractivity contribution in [2.24, 2.45) is 5.92 Å². The summed E-state index contributed by atoms with van der Waals surface area (Å²) in [5.74, 6) is -0.483. The molecule has 5 nitrogen and oxygen atoms in total. The lowest BCUT2D eigenvalue weighted by molar-refractivity contribution is 0.0694. The molecule has 1 aromatic rings. The van der Waals surface area contributed by atoms with E-state index in [1.165, 1.54) is 6.07 Å².